The molecule has 0 heterocycles. The number of unbranched alkanes of at least 4 members (excludes halogenated alkanes) is 1. The molecule has 0 bridgehead atoms. The lowest BCUT2D eigenvalue weighted by Gasteiger charge is -2.18. The Kier molecular flexibility index (Phi) is 7.20. The number of hydrogen-bond acceptors (Lipinski definition) is 6. The number of rotatable bonds is 9. The molecule has 150 valence electrons. The second kappa shape index (κ2) is 9.59. The van der Waals surface area contributed by atoms with Crippen LogP contribution in [0.15, 0.2) is 36.4 Å². The number of benzene rings is 2. The number of nitrogens with one attached hydrogen (secondary N) is 1. The third-order valence-electron chi connectivity index (χ3n) is 4.11. The highest BCUT2D eigenvalue weighted by atomic mass is 16.6. The molecular weight excluding hydrogens is 362 g/mol. The Labute approximate surface area is 164 Å². The summed E-state index contributed by atoms with van der Waals surface area (Å²) < 4.78 is 11.0. The molecule has 0 aliphatic rings. The van der Waals surface area contributed by atoms with Crippen LogP contribution in [0.5, 0.6) is 11.5 Å². The van der Waals surface area contributed by atoms with Crippen LogP contribution in [-0.2, 0) is 0 Å². The van der Waals surface area contributed by atoms with Crippen LogP contribution in [0.4, 0.5) is 17.1 Å². The fourth-order valence-electron chi connectivity index (χ4n) is 2.59. The molecule has 0 spiro atoms. The van der Waals surface area contributed by atoms with E-state index >= 15 is 0 Å². The zero-order valence-corrected chi connectivity index (χ0v) is 16.5. The molecule has 0 radical (unpaired) electrons. The summed E-state index contributed by atoms with van der Waals surface area (Å²) in [5.41, 5.74) is 1.05. The van der Waals surface area contributed by atoms with E-state index in [-0.39, 0.29) is 11.3 Å². The minimum Gasteiger partial charge on any atom is -0.497 e. The van der Waals surface area contributed by atoms with Crippen molar-refractivity contribution in [3.8, 4) is 11.5 Å². The van der Waals surface area contributed by atoms with Gasteiger partial charge in [-0.15, -0.1) is 0 Å². The molecule has 2 aromatic carbocycles. The number of carbonyl (C=O) groups is 1. The van der Waals surface area contributed by atoms with Gasteiger partial charge in [0.2, 0.25) is 0 Å². The minimum absolute atomic E-state index is 0.152. The highest BCUT2D eigenvalue weighted by Crippen LogP contribution is 2.31. The molecule has 2 rings (SSSR count). The smallest absolute Gasteiger partial charge is 0.270 e. The monoisotopic (exact) mass is 387 g/mol. The Morgan fingerprint density at radius 1 is 1.21 bits per heavy atom. The van der Waals surface area contributed by atoms with Crippen LogP contribution in [0.25, 0.3) is 0 Å². The van der Waals surface area contributed by atoms with E-state index in [0.717, 1.165) is 12.8 Å². The quantitative estimate of drug-likeness (QED) is 0.395. The van der Waals surface area contributed by atoms with Crippen molar-refractivity contribution in [2.24, 2.45) is 0 Å². The lowest BCUT2D eigenvalue weighted by molar-refractivity contribution is -0.384. The largest absolute Gasteiger partial charge is 0.497 e. The van der Waals surface area contributed by atoms with Gasteiger partial charge in [-0.2, -0.15) is 0 Å². The van der Waals surface area contributed by atoms with Crippen molar-refractivity contribution in [1.29, 1.82) is 0 Å². The Morgan fingerprint density at radius 3 is 2.57 bits per heavy atom. The molecule has 0 aliphatic heterocycles. The Balaban J connectivity index is 2.38. The molecule has 8 nitrogen and oxygen atoms in total. The van der Waals surface area contributed by atoms with Crippen molar-refractivity contribution in [1.82, 2.24) is 0 Å². The highest BCUT2D eigenvalue weighted by Gasteiger charge is 2.19. The Hall–Kier alpha value is -3.29. The van der Waals surface area contributed by atoms with Gasteiger partial charge in [0.05, 0.1) is 29.9 Å². The number of nitro groups is 1. The van der Waals surface area contributed by atoms with E-state index in [2.05, 4.69) is 12.2 Å². The highest BCUT2D eigenvalue weighted by molar-refractivity contribution is 6.09. The molecule has 28 heavy (non-hydrogen) atoms. The van der Waals surface area contributed by atoms with Gasteiger partial charge >= 0.3 is 0 Å². The van der Waals surface area contributed by atoms with E-state index in [1.165, 1.54) is 19.2 Å². The van der Waals surface area contributed by atoms with E-state index in [1.807, 2.05) is 0 Å². The molecule has 1 N–H and O–H groups in total. The minimum atomic E-state index is -0.527. The second-order valence-corrected chi connectivity index (χ2v) is 6.37. The average molecular weight is 387 g/mol. The number of nitrogens with zero attached hydrogens (tertiary/aromatic N) is 2. The second-order valence-electron chi connectivity index (χ2n) is 6.37. The molecule has 0 unspecified atom stereocenters. The van der Waals surface area contributed by atoms with Gasteiger partial charge in [0, 0.05) is 38.0 Å². The standard InChI is InChI=1S/C20H25N3O5/c1-5-6-11-28-19-10-8-15(27-4)13-17(19)21-20(24)16-12-14(23(25)26)7-9-18(16)22(2)3/h7-10,12-13H,5-6,11H2,1-4H3,(H,21,24). The summed E-state index contributed by atoms with van der Waals surface area (Å²) >= 11 is 0. The van der Waals surface area contributed by atoms with Gasteiger partial charge in [-0.05, 0) is 24.6 Å². The van der Waals surface area contributed by atoms with E-state index in [0.29, 0.717) is 29.5 Å². The summed E-state index contributed by atoms with van der Waals surface area (Å²) in [6.07, 6.45) is 1.87. The average Bonchev–Trinajstić information content (AvgIpc) is 2.68. The topological polar surface area (TPSA) is 93.9 Å². The predicted octanol–water partition coefficient (Wildman–Crippen LogP) is 4.10. The maximum absolute atomic E-state index is 12.9. The molecule has 1 amide bonds. The third-order valence-corrected chi connectivity index (χ3v) is 4.11. The number of hydrogen-bond donors (Lipinski definition) is 1. The number of amides is 1. The number of carbonyl (C=O) groups excluding carboxylic acids is 1. The molecule has 0 saturated heterocycles. The van der Waals surface area contributed by atoms with Gasteiger partial charge < -0.3 is 19.7 Å². The number of ether oxygens (including phenoxy) is 2. The van der Waals surface area contributed by atoms with Crippen molar-refractivity contribution in [2.45, 2.75) is 19.8 Å². The number of anilines is 2. The number of nitro benzene ring substituents is 1. The first-order valence-corrected chi connectivity index (χ1v) is 8.95. The van der Waals surface area contributed by atoms with Crippen LogP contribution in [-0.4, -0.2) is 38.6 Å². The summed E-state index contributed by atoms with van der Waals surface area (Å²) in [7, 11) is 5.06. The van der Waals surface area contributed by atoms with Crippen LogP contribution in [0.1, 0.15) is 30.1 Å². The fourth-order valence-corrected chi connectivity index (χ4v) is 2.59. The predicted molar refractivity (Wildman–Crippen MR) is 109 cm³/mol. The summed E-state index contributed by atoms with van der Waals surface area (Å²) in [6, 6.07) is 9.32. The first kappa shape index (κ1) is 21.0. The molecule has 8 heteroatoms. The first-order chi connectivity index (χ1) is 13.4. The molecule has 0 aromatic heterocycles. The van der Waals surface area contributed by atoms with Crippen molar-refractivity contribution >= 4 is 23.0 Å². The SMILES string of the molecule is CCCCOc1ccc(OC)cc1NC(=O)c1cc([N+](=O)[O-])ccc1N(C)C. The van der Waals surface area contributed by atoms with E-state index in [1.54, 1.807) is 43.3 Å². The molecule has 0 saturated carbocycles. The zero-order valence-electron chi connectivity index (χ0n) is 16.5. The van der Waals surface area contributed by atoms with E-state index in [9.17, 15) is 14.9 Å². The molecule has 0 atom stereocenters. The summed E-state index contributed by atoms with van der Waals surface area (Å²) in [5.74, 6) is 0.602. The zero-order chi connectivity index (χ0) is 20.7. The van der Waals surface area contributed by atoms with Gasteiger partial charge in [-0.1, -0.05) is 13.3 Å². The van der Waals surface area contributed by atoms with Crippen LogP contribution in [0, 0.1) is 10.1 Å². The van der Waals surface area contributed by atoms with Crippen LogP contribution >= 0.6 is 0 Å². The van der Waals surface area contributed by atoms with Gasteiger partial charge in [-0.3, -0.25) is 14.9 Å². The summed E-state index contributed by atoms with van der Waals surface area (Å²) in [6.45, 7) is 2.58. The van der Waals surface area contributed by atoms with E-state index in [4.69, 9.17) is 9.47 Å². The van der Waals surface area contributed by atoms with Gasteiger partial charge in [0.15, 0.2) is 0 Å². The van der Waals surface area contributed by atoms with Crippen molar-refractivity contribution in [3.05, 3.63) is 52.1 Å². The van der Waals surface area contributed by atoms with Gasteiger partial charge in [0.25, 0.3) is 11.6 Å². The summed E-state index contributed by atoms with van der Waals surface area (Å²) in [5, 5.41) is 13.9. The molecule has 0 fully saturated rings. The van der Waals surface area contributed by atoms with Crippen molar-refractivity contribution < 1.29 is 19.2 Å². The molecular formula is C20H25N3O5. The Morgan fingerprint density at radius 2 is 1.96 bits per heavy atom. The van der Waals surface area contributed by atoms with Gasteiger partial charge in [-0.25, -0.2) is 0 Å². The third kappa shape index (κ3) is 5.12. The molecule has 2 aromatic rings. The number of methoxy groups -OCH3 is 1. The maximum atomic E-state index is 12.9. The van der Waals surface area contributed by atoms with Crippen LogP contribution < -0.4 is 19.7 Å². The maximum Gasteiger partial charge on any atom is 0.270 e. The molecule has 0 aliphatic carbocycles. The number of non-ortho nitro benzene ring substituents is 1. The summed E-state index contributed by atoms with van der Waals surface area (Å²) in [4.78, 5) is 25.3. The van der Waals surface area contributed by atoms with E-state index < -0.39 is 10.8 Å². The van der Waals surface area contributed by atoms with Gasteiger partial charge in [0.1, 0.15) is 11.5 Å². The lowest BCUT2D eigenvalue weighted by Crippen LogP contribution is -2.19. The Bertz CT molecular complexity index is 852. The fraction of sp³-hybridized carbons (Fsp3) is 0.350. The normalized spacial score (nSPS) is 10.3. The lowest BCUT2D eigenvalue weighted by atomic mass is 10.1. The van der Waals surface area contributed by atoms with Crippen molar-refractivity contribution in [3.63, 3.8) is 0 Å². The van der Waals surface area contributed by atoms with Crippen LogP contribution in [0.2, 0.25) is 0 Å². The van der Waals surface area contributed by atoms with Crippen molar-refractivity contribution in [2.75, 3.05) is 38.0 Å². The first-order valence-electron chi connectivity index (χ1n) is 8.95. The van der Waals surface area contributed by atoms with Crippen LogP contribution in [0.3, 0.4) is 0 Å².